The highest BCUT2D eigenvalue weighted by molar-refractivity contribution is 5.08. The second-order valence-corrected chi connectivity index (χ2v) is 3.83. The van der Waals surface area contributed by atoms with Crippen LogP contribution >= 0.6 is 0 Å². The molecule has 0 fully saturated rings. The lowest BCUT2D eigenvalue weighted by Gasteiger charge is -2.25. The predicted octanol–water partition coefficient (Wildman–Crippen LogP) is 2.75. The lowest BCUT2D eigenvalue weighted by atomic mass is 9.80. The first kappa shape index (κ1) is 10.7. The summed E-state index contributed by atoms with van der Waals surface area (Å²) in [7, 11) is 1.00. The van der Waals surface area contributed by atoms with Crippen LogP contribution in [0.5, 0.6) is 0 Å². The predicted molar refractivity (Wildman–Crippen MR) is 49.5 cm³/mol. The van der Waals surface area contributed by atoms with Gasteiger partial charge in [-0.15, -0.1) is 0 Å². The largest absolute Gasteiger partial charge is 0.400 e. The van der Waals surface area contributed by atoms with Crippen LogP contribution in [-0.4, -0.2) is 12.2 Å². The third-order valence-corrected chi connectivity index (χ3v) is 2.03. The molecule has 0 atom stereocenters. The zero-order valence-corrected chi connectivity index (χ0v) is 8.15. The van der Waals surface area contributed by atoms with Crippen LogP contribution < -0.4 is 0 Å². The van der Waals surface area contributed by atoms with Crippen molar-refractivity contribution in [2.24, 2.45) is 5.41 Å². The fourth-order valence-corrected chi connectivity index (χ4v) is 1.63. The van der Waals surface area contributed by atoms with Crippen molar-refractivity contribution in [2.75, 3.05) is 7.11 Å². The Balaban J connectivity index is 0.000000461. The average Bonchev–Trinajstić information content (AvgIpc) is 1.89. The number of aliphatic hydroxyl groups excluding tert-OH is 1. The molecule has 0 heterocycles. The Bertz CT molecular complexity index is 134. The zero-order valence-electron chi connectivity index (χ0n) is 8.15. The van der Waals surface area contributed by atoms with Crippen LogP contribution in [0, 0.1) is 5.41 Å². The van der Waals surface area contributed by atoms with Gasteiger partial charge < -0.3 is 5.11 Å². The number of hydrogen-bond donors (Lipinski definition) is 1. The molecule has 0 aromatic rings. The molecule has 11 heavy (non-hydrogen) atoms. The second-order valence-electron chi connectivity index (χ2n) is 3.83. The van der Waals surface area contributed by atoms with E-state index in [0.717, 1.165) is 7.11 Å². The normalized spacial score (nSPS) is 21.4. The molecule has 1 aliphatic carbocycles. The molecule has 1 N–H and O–H groups in total. The first-order valence-corrected chi connectivity index (χ1v) is 4.23. The molecule has 0 amide bonds. The van der Waals surface area contributed by atoms with E-state index in [-0.39, 0.29) is 0 Å². The Kier molecular flexibility index (Phi) is 4.43. The van der Waals surface area contributed by atoms with Gasteiger partial charge in [0.15, 0.2) is 0 Å². The van der Waals surface area contributed by atoms with Gasteiger partial charge in [0, 0.05) is 7.11 Å². The lowest BCUT2D eigenvalue weighted by molar-refractivity contribution is 0.397. The van der Waals surface area contributed by atoms with Crippen molar-refractivity contribution in [2.45, 2.75) is 40.0 Å². The maximum Gasteiger partial charge on any atom is 0.0319 e. The Labute approximate surface area is 70.1 Å². The van der Waals surface area contributed by atoms with Gasteiger partial charge in [0.25, 0.3) is 0 Å². The Morgan fingerprint density at radius 2 is 1.91 bits per heavy atom. The smallest absolute Gasteiger partial charge is 0.0319 e. The van der Waals surface area contributed by atoms with Crippen molar-refractivity contribution in [3.8, 4) is 0 Å². The average molecular weight is 156 g/mol. The van der Waals surface area contributed by atoms with Crippen molar-refractivity contribution in [3.63, 3.8) is 0 Å². The van der Waals surface area contributed by atoms with Gasteiger partial charge in [-0.3, -0.25) is 0 Å². The summed E-state index contributed by atoms with van der Waals surface area (Å²) in [5.41, 5.74) is 2.06. The molecule has 0 aliphatic heterocycles. The van der Waals surface area contributed by atoms with Gasteiger partial charge >= 0.3 is 0 Å². The fourth-order valence-electron chi connectivity index (χ4n) is 1.63. The summed E-state index contributed by atoms with van der Waals surface area (Å²) in [5.74, 6) is 0. The molecule has 0 radical (unpaired) electrons. The van der Waals surface area contributed by atoms with Gasteiger partial charge in [0.1, 0.15) is 0 Å². The third-order valence-electron chi connectivity index (χ3n) is 2.03. The molecule has 66 valence electrons. The maximum absolute atomic E-state index is 7.00. The number of rotatable bonds is 0. The summed E-state index contributed by atoms with van der Waals surface area (Å²) in [4.78, 5) is 0. The standard InChI is InChI=1S/C9H16.CH4O/c1-8-5-4-6-9(2,3)7-8;1-2/h7H,4-6H2,1-3H3;2H,1H3. The topological polar surface area (TPSA) is 20.2 Å². The van der Waals surface area contributed by atoms with E-state index >= 15 is 0 Å². The van der Waals surface area contributed by atoms with Gasteiger partial charge in [-0.1, -0.05) is 25.5 Å². The lowest BCUT2D eigenvalue weighted by Crippen LogP contribution is -2.11. The van der Waals surface area contributed by atoms with E-state index in [1.807, 2.05) is 0 Å². The van der Waals surface area contributed by atoms with Crippen LogP contribution in [0.3, 0.4) is 0 Å². The minimum absolute atomic E-state index is 0.488. The van der Waals surface area contributed by atoms with Gasteiger partial charge in [-0.05, 0) is 31.6 Å². The molecule has 1 heteroatoms. The summed E-state index contributed by atoms with van der Waals surface area (Å²) in [6, 6.07) is 0. The van der Waals surface area contributed by atoms with E-state index in [2.05, 4.69) is 26.8 Å². The van der Waals surface area contributed by atoms with Crippen molar-refractivity contribution < 1.29 is 5.11 Å². The van der Waals surface area contributed by atoms with E-state index in [4.69, 9.17) is 5.11 Å². The molecule has 1 rings (SSSR count). The molecule has 0 aromatic carbocycles. The van der Waals surface area contributed by atoms with Crippen molar-refractivity contribution in [1.82, 2.24) is 0 Å². The highest BCUT2D eigenvalue weighted by atomic mass is 16.2. The van der Waals surface area contributed by atoms with E-state index in [1.54, 1.807) is 5.57 Å². The van der Waals surface area contributed by atoms with Crippen molar-refractivity contribution >= 4 is 0 Å². The molecule has 0 spiro atoms. The van der Waals surface area contributed by atoms with Crippen molar-refractivity contribution in [1.29, 1.82) is 0 Å². The second kappa shape index (κ2) is 4.55. The molecular formula is C10H20O. The SMILES string of the molecule is CC1=CC(C)(C)CCC1.CO. The summed E-state index contributed by atoms with van der Waals surface area (Å²) in [6.45, 7) is 6.87. The summed E-state index contributed by atoms with van der Waals surface area (Å²) in [5, 5.41) is 7.00. The van der Waals surface area contributed by atoms with Crippen LogP contribution in [0.2, 0.25) is 0 Å². The van der Waals surface area contributed by atoms with E-state index in [1.165, 1.54) is 19.3 Å². The first-order chi connectivity index (χ1) is 5.10. The van der Waals surface area contributed by atoms with E-state index < -0.39 is 0 Å². The number of allylic oxidation sites excluding steroid dienone is 2. The fraction of sp³-hybridized carbons (Fsp3) is 0.800. The maximum atomic E-state index is 7.00. The van der Waals surface area contributed by atoms with Gasteiger partial charge in [0.05, 0.1) is 0 Å². The molecular weight excluding hydrogens is 136 g/mol. The highest BCUT2D eigenvalue weighted by Crippen LogP contribution is 2.32. The minimum Gasteiger partial charge on any atom is -0.400 e. The summed E-state index contributed by atoms with van der Waals surface area (Å²) < 4.78 is 0. The molecule has 1 aliphatic rings. The van der Waals surface area contributed by atoms with Crippen LogP contribution in [0.25, 0.3) is 0 Å². The molecule has 0 aromatic heterocycles. The Hall–Kier alpha value is -0.300. The quantitative estimate of drug-likeness (QED) is 0.535. The molecule has 0 saturated carbocycles. The number of hydrogen-bond acceptors (Lipinski definition) is 1. The molecule has 1 nitrogen and oxygen atoms in total. The minimum atomic E-state index is 0.488. The van der Waals surface area contributed by atoms with E-state index in [0.29, 0.717) is 5.41 Å². The van der Waals surface area contributed by atoms with Crippen LogP contribution in [0.1, 0.15) is 40.0 Å². The van der Waals surface area contributed by atoms with Gasteiger partial charge in [-0.2, -0.15) is 0 Å². The third kappa shape index (κ3) is 4.20. The van der Waals surface area contributed by atoms with E-state index in [9.17, 15) is 0 Å². The summed E-state index contributed by atoms with van der Waals surface area (Å²) in [6.07, 6.45) is 6.49. The van der Waals surface area contributed by atoms with Crippen LogP contribution in [0.15, 0.2) is 11.6 Å². The molecule has 0 saturated heterocycles. The number of aliphatic hydroxyl groups is 1. The first-order valence-electron chi connectivity index (χ1n) is 4.23. The Morgan fingerprint density at radius 1 is 1.36 bits per heavy atom. The Morgan fingerprint density at radius 3 is 2.18 bits per heavy atom. The van der Waals surface area contributed by atoms with Crippen molar-refractivity contribution in [3.05, 3.63) is 11.6 Å². The molecule has 0 unspecified atom stereocenters. The zero-order chi connectivity index (χ0) is 8.91. The highest BCUT2D eigenvalue weighted by Gasteiger charge is 2.17. The summed E-state index contributed by atoms with van der Waals surface area (Å²) >= 11 is 0. The van der Waals surface area contributed by atoms with Crippen LogP contribution in [0.4, 0.5) is 0 Å². The van der Waals surface area contributed by atoms with Crippen LogP contribution in [-0.2, 0) is 0 Å². The van der Waals surface area contributed by atoms with Gasteiger partial charge in [-0.25, -0.2) is 0 Å². The van der Waals surface area contributed by atoms with Gasteiger partial charge in [0.2, 0.25) is 0 Å². The monoisotopic (exact) mass is 156 g/mol. The molecule has 0 bridgehead atoms.